The van der Waals surface area contributed by atoms with E-state index in [1.165, 1.54) is 0 Å². The Hall–Kier alpha value is -4.13. The van der Waals surface area contributed by atoms with Crippen molar-refractivity contribution in [1.29, 1.82) is 0 Å². The highest BCUT2D eigenvalue weighted by molar-refractivity contribution is 6.06. The van der Waals surface area contributed by atoms with Crippen molar-refractivity contribution in [2.75, 3.05) is 11.9 Å². The molecule has 0 fully saturated rings. The Morgan fingerprint density at radius 2 is 1.93 bits per heavy atom. The summed E-state index contributed by atoms with van der Waals surface area (Å²) >= 11 is 0. The van der Waals surface area contributed by atoms with Crippen molar-refractivity contribution in [3.8, 4) is 12.3 Å². The summed E-state index contributed by atoms with van der Waals surface area (Å²) in [6.45, 7) is 1.93. The molecule has 0 aliphatic carbocycles. The number of anilines is 1. The largest absolute Gasteiger partial charge is 0.448 e. The number of nitrogens with one attached hydrogen (secondary N) is 1. The quantitative estimate of drug-likeness (QED) is 0.307. The van der Waals surface area contributed by atoms with Crippen LogP contribution in [0.2, 0.25) is 0 Å². The standard InChI is InChI=1S/C20H19N7O3/c1-3-4-13-29-19(28)22-17-12-8-11-16(21-17)14-30-23-18(15-9-6-5-7-10-15)20(2)24-26-27-25-20/h1,5-12H,4,13-14H2,2H3,(H,21,22,28)/b23-18-. The number of rotatable bonds is 8. The molecule has 1 N–H and O–H groups in total. The van der Waals surface area contributed by atoms with Crippen LogP contribution in [0.5, 0.6) is 0 Å². The first-order valence-electron chi connectivity index (χ1n) is 9.04. The van der Waals surface area contributed by atoms with Gasteiger partial charge in [-0.3, -0.25) is 5.32 Å². The Morgan fingerprint density at radius 3 is 2.67 bits per heavy atom. The molecule has 0 bridgehead atoms. The zero-order chi connectivity index (χ0) is 21.2. The van der Waals surface area contributed by atoms with Crippen molar-refractivity contribution in [3.63, 3.8) is 0 Å². The van der Waals surface area contributed by atoms with Crippen LogP contribution in [0.25, 0.3) is 0 Å². The summed E-state index contributed by atoms with van der Waals surface area (Å²) in [5.41, 5.74) is 0.713. The fourth-order valence-electron chi connectivity index (χ4n) is 2.47. The van der Waals surface area contributed by atoms with Gasteiger partial charge in [0.1, 0.15) is 18.1 Å². The van der Waals surface area contributed by atoms with Gasteiger partial charge in [0, 0.05) is 12.0 Å². The molecule has 2 heterocycles. The SMILES string of the molecule is C#CCCOC(=O)Nc1cccc(CO/N=C(/c2ccccc2)C2(C)N=NN=N2)n1. The highest BCUT2D eigenvalue weighted by atomic mass is 16.6. The fraction of sp³-hybridized carbons (Fsp3) is 0.250. The Bertz CT molecular complexity index is 1000. The van der Waals surface area contributed by atoms with E-state index in [2.05, 4.69) is 42.1 Å². The second-order valence-electron chi connectivity index (χ2n) is 6.21. The Labute approximate surface area is 173 Å². The van der Waals surface area contributed by atoms with Gasteiger partial charge in [-0.25, -0.2) is 9.78 Å². The van der Waals surface area contributed by atoms with Crippen molar-refractivity contribution in [2.45, 2.75) is 25.6 Å². The van der Waals surface area contributed by atoms with E-state index in [-0.39, 0.29) is 13.2 Å². The average molecular weight is 405 g/mol. The lowest BCUT2D eigenvalue weighted by molar-refractivity contribution is 0.126. The number of nitrogens with zero attached hydrogens (tertiary/aromatic N) is 6. The molecule has 152 valence electrons. The van der Waals surface area contributed by atoms with Gasteiger partial charge in [-0.15, -0.1) is 22.6 Å². The summed E-state index contributed by atoms with van der Waals surface area (Å²) in [5.74, 6) is 2.71. The smallest absolute Gasteiger partial charge is 0.412 e. The number of benzene rings is 1. The van der Waals surface area contributed by atoms with E-state index in [1.807, 2.05) is 30.3 Å². The lowest BCUT2D eigenvalue weighted by Crippen LogP contribution is -2.30. The zero-order valence-corrected chi connectivity index (χ0v) is 16.2. The van der Waals surface area contributed by atoms with Gasteiger partial charge < -0.3 is 9.57 Å². The number of hydrogen-bond donors (Lipinski definition) is 1. The number of carbonyl (C=O) groups is 1. The van der Waals surface area contributed by atoms with E-state index in [0.29, 0.717) is 23.6 Å². The molecule has 10 nitrogen and oxygen atoms in total. The first kappa shape index (κ1) is 20.6. The van der Waals surface area contributed by atoms with Crippen molar-refractivity contribution >= 4 is 17.6 Å². The fourth-order valence-corrected chi connectivity index (χ4v) is 2.47. The number of ether oxygens (including phenoxy) is 1. The summed E-state index contributed by atoms with van der Waals surface area (Å²) < 4.78 is 4.93. The summed E-state index contributed by atoms with van der Waals surface area (Å²) in [5, 5.41) is 22.0. The highest BCUT2D eigenvalue weighted by Gasteiger charge is 2.35. The molecule has 2 aromatic rings. The molecule has 0 saturated heterocycles. The van der Waals surface area contributed by atoms with Gasteiger partial charge in [0.15, 0.2) is 6.61 Å². The lowest BCUT2D eigenvalue weighted by Gasteiger charge is -2.16. The van der Waals surface area contributed by atoms with E-state index in [4.69, 9.17) is 16.0 Å². The zero-order valence-electron chi connectivity index (χ0n) is 16.2. The number of oxime groups is 1. The number of terminal acetylenes is 1. The first-order valence-corrected chi connectivity index (χ1v) is 9.04. The topological polar surface area (TPSA) is 122 Å². The van der Waals surface area contributed by atoms with Crippen LogP contribution >= 0.6 is 0 Å². The highest BCUT2D eigenvalue weighted by Crippen LogP contribution is 2.25. The second kappa shape index (κ2) is 9.88. The van der Waals surface area contributed by atoms with Gasteiger partial charge >= 0.3 is 6.09 Å². The predicted octanol–water partition coefficient (Wildman–Crippen LogP) is 4.12. The van der Waals surface area contributed by atoms with Crippen LogP contribution < -0.4 is 5.32 Å². The summed E-state index contributed by atoms with van der Waals surface area (Å²) in [4.78, 5) is 21.5. The maximum absolute atomic E-state index is 11.7. The molecule has 3 rings (SSSR count). The van der Waals surface area contributed by atoms with Crippen LogP contribution in [0, 0.1) is 12.3 Å². The Balaban J connectivity index is 1.67. The second-order valence-corrected chi connectivity index (χ2v) is 6.21. The monoisotopic (exact) mass is 405 g/mol. The summed E-state index contributed by atoms with van der Waals surface area (Å²) in [7, 11) is 0. The number of hydrogen-bond acceptors (Lipinski definition) is 9. The van der Waals surface area contributed by atoms with Crippen LogP contribution in [0.3, 0.4) is 0 Å². The van der Waals surface area contributed by atoms with Gasteiger partial charge in [-0.2, -0.15) is 0 Å². The molecule has 0 saturated carbocycles. The molecular weight excluding hydrogens is 386 g/mol. The number of pyridine rings is 1. The Morgan fingerprint density at radius 1 is 1.17 bits per heavy atom. The third-order valence-electron chi connectivity index (χ3n) is 3.90. The lowest BCUT2D eigenvalue weighted by atomic mass is 10.0. The molecule has 1 aromatic heterocycles. The van der Waals surface area contributed by atoms with Crippen LogP contribution in [-0.2, 0) is 16.2 Å². The maximum atomic E-state index is 11.7. The molecule has 30 heavy (non-hydrogen) atoms. The average Bonchev–Trinajstić information content (AvgIpc) is 3.19. The third-order valence-corrected chi connectivity index (χ3v) is 3.90. The number of amides is 1. The van der Waals surface area contributed by atoms with E-state index in [9.17, 15) is 4.79 Å². The van der Waals surface area contributed by atoms with Crippen molar-refractivity contribution in [1.82, 2.24) is 4.98 Å². The van der Waals surface area contributed by atoms with E-state index in [0.717, 1.165) is 5.56 Å². The molecule has 0 spiro atoms. The number of aromatic nitrogens is 1. The molecule has 1 aromatic carbocycles. The van der Waals surface area contributed by atoms with Gasteiger partial charge in [0.2, 0.25) is 5.66 Å². The van der Waals surface area contributed by atoms with E-state index >= 15 is 0 Å². The van der Waals surface area contributed by atoms with E-state index < -0.39 is 11.8 Å². The normalized spacial score (nSPS) is 14.2. The molecule has 0 unspecified atom stereocenters. The number of carbonyl (C=O) groups excluding carboxylic acids is 1. The first-order chi connectivity index (χ1) is 14.6. The van der Waals surface area contributed by atoms with E-state index in [1.54, 1.807) is 25.1 Å². The summed E-state index contributed by atoms with van der Waals surface area (Å²) in [6, 6.07) is 14.5. The van der Waals surface area contributed by atoms with Gasteiger partial charge in [0.25, 0.3) is 0 Å². The summed E-state index contributed by atoms with van der Waals surface area (Å²) in [6.07, 6.45) is 4.83. The van der Waals surface area contributed by atoms with Gasteiger partial charge in [0.05, 0.1) is 5.69 Å². The van der Waals surface area contributed by atoms with Crippen LogP contribution in [0.15, 0.2) is 74.4 Å². The molecule has 0 atom stereocenters. The molecule has 1 aliphatic heterocycles. The maximum Gasteiger partial charge on any atom is 0.412 e. The molecular formula is C20H19N7O3. The predicted molar refractivity (Wildman–Crippen MR) is 109 cm³/mol. The minimum Gasteiger partial charge on any atom is -0.448 e. The minimum atomic E-state index is -1.07. The molecule has 0 radical (unpaired) electrons. The van der Waals surface area contributed by atoms with Crippen molar-refractivity contribution in [2.24, 2.45) is 25.8 Å². The van der Waals surface area contributed by atoms with Crippen LogP contribution in [0.4, 0.5) is 10.6 Å². The minimum absolute atomic E-state index is 0.0579. The van der Waals surface area contributed by atoms with Crippen molar-refractivity contribution < 1.29 is 14.4 Å². The molecule has 10 heteroatoms. The van der Waals surface area contributed by atoms with Crippen LogP contribution in [0.1, 0.15) is 24.6 Å². The van der Waals surface area contributed by atoms with Gasteiger partial charge in [-0.1, -0.05) is 41.6 Å². The Kier molecular flexibility index (Phi) is 6.78. The molecule has 1 amide bonds. The van der Waals surface area contributed by atoms with Gasteiger partial charge in [-0.05, 0) is 29.5 Å². The third kappa shape index (κ3) is 5.45. The van der Waals surface area contributed by atoms with Crippen LogP contribution in [-0.4, -0.2) is 29.1 Å². The van der Waals surface area contributed by atoms with Crippen molar-refractivity contribution in [3.05, 3.63) is 59.8 Å². The molecule has 1 aliphatic rings.